The lowest BCUT2D eigenvalue weighted by Gasteiger charge is -2.23. The standard InChI is InChI=1S/C16H20N2O/c1-19-16-8-12(9-17)3-5-15(16)18-10-14-7-11-2-4-13(14)6-11/h3,5,8,11,13-14,18H,2,4,6-7,10H2,1H3. The van der Waals surface area contributed by atoms with Gasteiger partial charge in [-0.25, -0.2) is 0 Å². The lowest BCUT2D eigenvalue weighted by Crippen LogP contribution is -2.20. The minimum absolute atomic E-state index is 0.641. The molecule has 2 fully saturated rings. The number of fused-ring (bicyclic) bond motifs is 2. The van der Waals surface area contributed by atoms with Crippen molar-refractivity contribution in [3.63, 3.8) is 0 Å². The first kappa shape index (κ1) is 12.3. The zero-order valence-electron chi connectivity index (χ0n) is 11.4. The summed E-state index contributed by atoms with van der Waals surface area (Å²) in [4.78, 5) is 0. The van der Waals surface area contributed by atoms with Crippen LogP contribution < -0.4 is 10.1 Å². The monoisotopic (exact) mass is 256 g/mol. The predicted octanol–water partition coefficient (Wildman–Crippen LogP) is 3.41. The Morgan fingerprint density at radius 2 is 2.26 bits per heavy atom. The minimum atomic E-state index is 0.641. The van der Waals surface area contributed by atoms with Gasteiger partial charge in [-0.2, -0.15) is 5.26 Å². The Kier molecular flexibility index (Phi) is 3.33. The molecule has 1 N–H and O–H groups in total. The van der Waals surface area contributed by atoms with E-state index in [-0.39, 0.29) is 0 Å². The summed E-state index contributed by atoms with van der Waals surface area (Å²) in [5, 5.41) is 12.4. The minimum Gasteiger partial charge on any atom is -0.495 e. The van der Waals surface area contributed by atoms with Crippen LogP contribution in [0.2, 0.25) is 0 Å². The highest BCUT2D eigenvalue weighted by atomic mass is 16.5. The van der Waals surface area contributed by atoms with E-state index in [1.54, 1.807) is 13.2 Å². The van der Waals surface area contributed by atoms with Gasteiger partial charge >= 0.3 is 0 Å². The lowest BCUT2D eigenvalue weighted by atomic mass is 9.89. The number of nitriles is 1. The normalized spacial score (nSPS) is 28.1. The van der Waals surface area contributed by atoms with Crippen LogP contribution in [0.15, 0.2) is 18.2 Å². The van der Waals surface area contributed by atoms with E-state index >= 15 is 0 Å². The maximum Gasteiger partial charge on any atom is 0.143 e. The number of nitrogens with one attached hydrogen (secondary N) is 1. The molecule has 2 bridgehead atoms. The summed E-state index contributed by atoms with van der Waals surface area (Å²) in [7, 11) is 1.65. The number of hydrogen-bond donors (Lipinski definition) is 1. The summed E-state index contributed by atoms with van der Waals surface area (Å²) in [5.41, 5.74) is 1.64. The number of benzene rings is 1. The Hall–Kier alpha value is -1.69. The van der Waals surface area contributed by atoms with E-state index in [9.17, 15) is 0 Å². The lowest BCUT2D eigenvalue weighted by molar-refractivity contribution is 0.347. The Bertz CT molecular complexity index is 506. The van der Waals surface area contributed by atoms with E-state index in [0.717, 1.165) is 35.7 Å². The van der Waals surface area contributed by atoms with Crippen LogP contribution in [0, 0.1) is 29.1 Å². The third-order valence-electron chi connectivity index (χ3n) is 4.77. The highest BCUT2D eigenvalue weighted by Crippen LogP contribution is 2.48. The van der Waals surface area contributed by atoms with Crippen molar-refractivity contribution in [2.24, 2.45) is 17.8 Å². The molecule has 0 radical (unpaired) electrons. The topological polar surface area (TPSA) is 45.0 Å². The molecule has 3 rings (SSSR count). The van der Waals surface area contributed by atoms with Gasteiger partial charge in [-0.05, 0) is 49.1 Å². The van der Waals surface area contributed by atoms with Gasteiger partial charge in [0.05, 0.1) is 24.4 Å². The van der Waals surface area contributed by atoms with Crippen molar-refractivity contribution in [3.8, 4) is 11.8 Å². The highest BCUT2D eigenvalue weighted by Gasteiger charge is 2.39. The van der Waals surface area contributed by atoms with Crippen molar-refractivity contribution < 1.29 is 4.74 Å². The first-order chi connectivity index (χ1) is 9.30. The van der Waals surface area contributed by atoms with Crippen LogP contribution in [-0.2, 0) is 0 Å². The van der Waals surface area contributed by atoms with Gasteiger partial charge in [-0.15, -0.1) is 0 Å². The molecule has 3 heteroatoms. The Morgan fingerprint density at radius 1 is 1.37 bits per heavy atom. The molecule has 0 saturated heterocycles. The molecule has 3 atom stereocenters. The summed E-state index contributed by atoms with van der Waals surface area (Å²) < 4.78 is 5.35. The number of rotatable bonds is 4. The van der Waals surface area contributed by atoms with Gasteiger partial charge in [-0.3, -0.25) is 0 Å². The maximum atomic E-state index is 8.90. The molecular weight excluding hydrogens is 236 g/mol. The van der Waals surface area contributed by atoms with E-state index in [4.69, 9.17) is 10.00 Å². The van der Waals surface area contributed by atoms with Gasteiger partial charge in [0.25, 0.3) is 0 Å². The molecule has 3 unspecified atom stereocenters. The molecule has 2 aliphatic carbocycles. The second-order valence-electron chi connectivity index (χ2n) is 5.84. The first-order valence-corrected chi connectivity index (χ1v) is 7.12. The van der Waals surface area contributed by atoms with Crippen LogP contribution in [0.25, 0.3) is 0 Å². The summed E-state index contributed by atoms with van der Waals surface area (Å²) in [6.07, 6.45) is 5.69. The van der Waals surface area contributed by atoms with Crippen LogP contribution in [0.5, 0.6) is 5.75 Å². The van der Waals surface area contributed by atoms with E-state index in [1.807, 2.05) is 12.1 Å². The van der Waals surface area contributed by atoms with Crippen molar-refractivity contribution >= 4 is 5.69 Å². The molecule has 0 spiro atoms. The van der Waals surface area contributed by atoms with Crippen molar-refractivity contribution in [1.29, 1.82) is 5.26 Å². The van der Waals surface area contributed by atoms with Gasteiger partial charge in [0, 0.05) is 12.6 Å². The fraction of sp³-hybridized carbons (Fsp3) is 0.562. The molecule has 0 aliphatic heterocycles. The molecule has 1 aromatic carbocycles. The number of ether oxygens (including phenoxy) is 1. The Balaban J connectivity index is 1.65. The molecule has 1 aromatic rings. The van der Waals surface area contributed by atoms with Crippen molar-refractivity contribution in [2.45, 2.75) is 25.7 Å². The van der Waals surface area contributed by atoms with Gasteiger partial charge in [0.1, 0.15) is 5.75 Å². The van der Waals surface area contributed by atoms with Crippen LogP contribution in [-0.4, -0.2) is 13.7 Å². The van der Waals surface area contributed by atoms with Crippen molar-refractivity contribution in [3.05, 3.63) is 23.8 Å². The zero-order valence-corrected chi connectivity index (χ0v) is 11.4. The van der Waals surface area contributed by atoms with E-state index < -0.39 is 0 Å². The van der Waals surface area contributed by atoms with Crippen molar-refractivity contribution in [1.82, 2.24) is 0 Å². The smallest absolute Gasteiger partial charge is 0.143 e. The van der Waals surface area contributed by atoms with E-state index in [2.05, 4.69) is 11.4 Å². The molecule has 19 heavy (non-hydrogen) atoms. The molecule has 2 aliphatic rings. The van der Waals surface area contributed by atoms with E-state index in [0.29, 0.717) is 5.56 Å². The van der Waals surface area contributed by atoms with E-state index in [1.165, 1.54) is 25.7 Å². The third-order valence-corrected chi connectivity index (χ3v) is 4.77. The predicted molar refractivity (Wildman–Crippen MR) is 75.1 cm³/mol. The number of hydrogen-bond acceptors (Lipinski definition) is 3. The molecule has 100 valence electrons. The number of anilines is 1. The molecular formula is C16H20N2O. The molecule has 3 nitrogen and oxygen atoms in total. The average molecular weight is 256 g/mol. The second kappa shape index (κ2) is 5.13. The van der Waals surface area contributed by atoms with Crippen molar-refractivity contribution in [2.75, 3.05) is 19.0 Å². The van der Waals surface area contributed by atoms with Crippen LogP contribution in [0.4, 0.5) is 5.69 Å². The Labute approximate surface area is 114 Å². The number of methoxy groups -OCH3 is 1. The first-order valence-electron chi connectivity index (χ1n) is 7.12. The van der Waals surface area contributed by atoms with Crippen LogP contribution >= 0.6 is 0 Å². The molecule has 0 amide bonds. The third kappa shape index (κ3) is 2.40. The largest absolute Gasteiger partial charge is 0.495 e. The van der Waals surface area contributed by atoms with Crippen LogP contribution in [0.3, 0.4) is 0 Å². The summed E-state index contributed by atoms with van der Waals surface area (Å²) in [5.74, 6) is 3.50. The molecule has 2 saturated carbocycles. The number of nitrogens with zero attached hydrogens (tertiary/aromatic N) is 1. The van der Waals surface area contributed by atoms with Gasteiger partial charge in [0.2, 0.25) is 0 Å². The maximum absolute atomic E-state index is 8.90. The Morgan fingerprint density at radius 3 is 2.89 bits per heavy atom. The molecule has 0 heterocycles. The second-order valence-corrected chi connectivity index (χ2v) is 5.84. The fourth-order valence-electron chi connectivity index (χ4n) is 3.77. The van der Waals surface area contributed by atoms with Gasteiger partial charge in [-0.1, -0.05) is 6.42 Å². The highest BCUT2D eigenvalue weighted by molar-refractivity contribution is 5.59. The summed E-state index contributed by atoms with van der Waals surface area (Å²) in [6.45, 7) is 1.03. The summed E-state index contributed by atoms with van der Waals surface area (Å²) >= 11 is 0. The van der Waals surface area contributed by atoms with Gasteiger partial charge < -0.3 is 10.1 Å². The fourth-order valence-corrected chi connectivity index (χ4v) is 3.77. The quantitative estimate of drug-likeness (QED) is 0.897. The zero-order chi connectivity index (χ0) is 13.2. The van der Waals surface area contributed by atoms with Gasteiger partial charge in [0.15, 0.2) is 0 Å². The molecule has 0 aromatic heterocycles. The summed E-state index contributed by atoms with van der Waals surface area (Å²) in [6, 6.07) is 7.72. The van der Waals surface area contributed by atoms with Crippen LogP contribution in [0.1, 0.15) is 31.2 Å². The SMILES string of the molecule is COc1cc(C#N)ccc1NCC1CC2CCC1C2. The average Bonchev–Trinajstić information content (AvgIpc) is 3.07.